The molecule has 0 saturated heterocycles. The van der Waals surface area contributed by atoms with Crippen LogP contribution in [0, 0.1) is 5.92 Å². The first-order chi connectivity index (χ1) is 12.4. The summed E-state index contributed by atoms with van der Waals surface area (Å²) < 4.78 is 7.74. The quantitative estimate of drug-likeness (QED) is 0.686. The molecule has 2 aromatic heterocycles. The number of aromatic nitrogens is 3. The van der Waals surface area contributed by atoms with E-state index in [0.717, 1.165) is 37.2 Å². The summed E-state index contributed by atoms with van der Waals surface area (Å²) in [6.07, 6.45) is 8.08. The van der Waals surface area contributed by atoms with Gasteiger partial charge in [0, 0.05) is 37.2 Å². The summed E-state index contributed by atoms with van der Waals surface area (Å²) in [5.74, 6) is 2.59. The van der Waals surface area contributed by atoms with Gasteiger partial charge in [0.1, 0.15) is 5.75 Å². The van der Waals surface area contributed by atoms with Gasteiger partial charge < -0.3 is 10.1 Å². The Kier molecular flexibility index (Phi) is 4.74. The Morgan fingerprint density at radius 2 is 2.00 bits per heavy atom. The molecule has 1 aromatic carbocycles. The third-order valence-electron chi connectivity index (χ3n) is 4.34. The Morgan fingerprint density at radius 3 is 2.84 bits per heavy atom. The van der Waals surface area contributed by atoms with Gasteiger partial charge in [-0.3, -0.25) is 0 Å². The van der Waals surface area contributed by atoms with E-state index in [1.54, 1.807) is 10.9 Å². The third-order valence-corrected chi connectivity index (χ3v) is 4.34. The molecule has 1 N–H and O–H groups in total. The molecule has 0 aliphatic heterocycles. The third kappa shape index (κ3) is 4.25. The molecule has 0 spiro atoms. The lowest BCUT2D eigenvalue weighted by Crippen LogP contribution is -2.14. The van der Waals surface area contributed by atoms with Gasteiger partial charge >= 0.3 is 0 Å². The van der Waals surface area contributed by atoms with Gasteiger partial charge in [-0.25, -0.2) is 9.67 Å². The van der Waals surface area contributed by atoms with Crippen molar-refractivity contribution in [2.75, 3.05) is 6.61 Å². The first-order valence-corrected chi connectivity index (χ1v) is 8.75. The fourth-order valence-electron chi connectivity index (χ4n) is 2.72. The molecule has 1 saturated carbocycles. The van der Waals surface area contributed by atoms with Crippen LogP contribution in [-0.4, -0.2) is 21.4 Å². The Labute approximate surface area is 147 Å². The lowest BCUT2D eigenvalue weighted by atomic mass is 10.2. The summed E-state index contributed by atoms with van der Waals surface area (Å²) in [5, 5.41) is 7.72. The summed E-state index contributed by atoms with van der Waals surface area (Å²) in [4.78, 5) is 4.36. The molecule has 1 aliphatic rings. The molecule has 2 heterocycles. The van der Waals surface area contributed by atoms with Crippen molar-refractivity contribution in [3.63, 3.8) is 0 Å². The van der Waals surface area contributed by atoms with Gasteiger partial charge in [-0.2, -0.15) is 5.10 Å². The predicted octanol–water partition coefficient (Wildman–Crippen LogP) is 3.35. The zero-order valence-electron chi connectivity index (χ0n) is 14.1. The smallest absolute Gasteiger partial charge is 0.153 e. The molecule has 0 unspecified atom stereocenters. The Hall–Kier alpha value is -2.66. The number of hydrogen-bond donors (Lipinski definition) is 1. The molecule has 5 nitrogen and oxygen atoms in total. The van der Waals surface area contributed by atoms with E-state index in [2.05, 4.69) is 39.7 Å². The van der Waals surface area contributed by atoms with Crippen LogP contribution < -0.4 is 10.1 Å². The van der Waals surface area contributed by atoms with Crippen LogP contribution in [0.1, 0.15) is 24.0 Å². The molecule has 25 heavy (non-hydrogen) atoms. The van der Waals surface area contributed by atoms with E-state index in [0.29, 0.717) is 0 Å². The van der Waals surface area contributed by atoms with E-state index >= 15 is 0 Å². The lowest BCUT2D eigenvalue weighted by molar-refractivity contribution is 0.296. The minimum absolute atomic E-state index is 0.763. The number of nitrogens with one attached hydrogen (secondary N) is 1. The molecule has 5 heteroatoms. The van der Waals surface area contributed by atoms with Crippen LogP contribution in [0.2, 0.25) is 0 Å². The lowest BCUT2D eigenvalue weighted by Gasteiger charge is -2.12. The molecule has 4 rings (SSSR count). The first-order valence-electron chi connectivity index (χ1n) is 8.75. The fraction of sp³-hybridized carbons (Fsp3) is 0.300. The second-order valence-electron chi connectivity index (χ2n) is 6.44. The molecule has 3 aromatic rings. The molecule has 0 radical (unpaired) electrons. The van der Waals surface area contributed by atoms with Crippen LogP contribution in [-0.2, 0) is 13.1 Å². The van der Waals surface area contributed by atoms with Gasteiger partial charge in [0.05, 0.1) is 6.61 Å². The predicted molar refractivity (Wildman–Crippen MR) is 96.6 cm³/mol. The van der Waals surface area contributed by atoms with Gasteiger partial charge in [-0.05, 0) is 48.6 Å². The van der Waals surface area contributed by atoms with E-state index < -0.39 is 0 Å². The maximum atomic E-state index is 5.97. The van der Waals surface area contributed by atoms with Crippen molar-refractivity contribution < 1.29 is 4.74 Å². The van der Waals surface area contributed by atoms with Crippen molar-refractivity contribution >= 4 is 0 Å². The molecule has 0 amide bonds. The average Bonchev–Trinajstić information content (AvgIpc) is 3.32. The van der Waals surface area contributed by atoms with Crippen molar-refractivity contribution in [3.8, 4) is 11.6 Å². The fourth-order valence-corrected chi connectivity index (χ4v) is 2.72. The van der Waals surface area contributed by atoms with Crippen molar-refractivity contribution in [1.82, 2.24) is 20.1 Å². The minimum atomic E-state index is 0.763. The van der Waals surface area contributed by atoms with E-state index in [1.165, 1.54) is 24.0 Å². The van der Waals surface area contributed by atoms with Gasteiger partial charge in [0.2, 0.25) is 0 Å². The number of nitrogens with zero attached hydrogens (tertiary/aromatic N) is 3. The second kappa shape index (κ2) is 7.49. The summed E-state index contributed by atoms with van der Waals surface area (Å²) in [7, 11) is 0. The molecule has 1 aliphatic carbocycles. The largest absolute Gasteiger partial charge is 0.493 e. The van der Waals surface area contributed by atoms with E-state index in [1.807, 2.05) is 30.6 Å². The summed E-state index contributed by atoms with van der Waals surface area (Å²) >= 11 is 0. The summed E-state index contributed by atoms with van der Waals surface area (Å²) in [5.41, 5.74) is 2.38. The van der Waals surface area contributed by atoms with Gasteiger partial charge in [-0.15, -0.1) is 0 Å². The number of ether oxygens (including phenoxy) is 1. The minimum Gasteiger partial charge on any atom is -0.493 e. The highest BCUT2D eigenvalue weighted by Gasteiger charge is 2.22. The molecule has 0 atom stereocenters. The molecular formula is C20H22N4O. The van der Waals surface area contributed by atoms with Crippen LogP contribution in [0.3, 0.4) is 0 Å². The zero-order valence-corrected chi connectivity index (χ0v) is 14.1. The van der Waals surface area contributed by atoms with Crippen LogP contribution in [0.5, 0.6) is 5.75 Å². The number of benzene rings is 1. The highest BCUT2D eigenvalue weighted by Crippen LogP contribution is 2.30. The number of para-hydroxylation sites is 1. The highest BCUT2D eigenvalue weighted by atomic mass is 16.5. The number of rotatable bonds is 8. The standard InChI is InChI=1S/C20H22N4O/c1-2-5-19(25-15-16-6-7-16)18(4-1)14-21-13-17-8-10-22-20(12-17)24-11-3-9-23-24/h1-5,8-12,16,21H,6-7,13-15H2. The van der Waals surface area contributed by atoms with E-state index in [9.17, 15) is 0 Å². The van der Waals surface area contributed by atoms with Crippen molar-refractivity contribution in [2.24, 2.45) is 5.92 Å². The van der Waals surface area contributed by atoms with Gasteiger partial charge in [-0.1, -0.05) is 18.2 Å². The van der Waals surface area contributed by atoms with Crippen LogP contribution in [0.25, 0.3) is 5.82 Å². The Balaban J connectivity index is 1.35. The zero-order chi connectivity index (χ0) is 16.9. The van der Waals surface area contributed by atoms with Gasteiger partial charge in [0.25, 0.3) is 0 Å². The first kappa shape index (κ1) is 15.8. The number of pyridine rings is 1. The normalized spacial score (nSPS) is 13.8. The molecule has 0 bridgehead atoms. The van der Waals surface area contributed by atoms with Gasteiger partial charge in [0.15, 0.2) is 5.82 Å². The summed E-state index contributed by atoms with van der Waals surface area (Å²) in [6.45, 7) is 2.39. The molecule has 128 valence electrons. The molecule has 1 fully saturated rings. The second-order valence-corrected chi connectivity index (χ2v) is 6.44. The van der Waals surface area contributed by atoms with Crippen molar-refractivity contribution in [3.05, 3.63) is 72.2 Å². The summed E-state index contributed by atoms with van der Waals surface area (Å²) in [6, 6.07) is 14.2. The maximum absolute atomic E-state index is 5.97. The van der Waals surface area contributed by atoms with Crippen LogP contribution in [0.15, 0.2) is 61.1 Å². The SMILES string of the molecule is c1ccc(OCC2CC2)c(CNCc2ccnc(-n3cccn3)c2)c1. The van der Waals surface area contributed by atoms with E-state index in [4.69, 9.17) is 4.74 Å². The average molecular weight is 334 g/mol. The molecular weight excluding hydrogens is 312 g/mol. The Bertz CT molecular complexity index is 812. The topological polar surface area (TPSA) is 52.0 Å². The monoisotopic (exact) mass is 334 g/mol. The van der Waals surface area contributed by atoms with Crippen LogP contribution in [0.4, 0.5) is 0 Å². The van der Waals surface area contributed by atoms with Crippen molar-refractivity contribution in [1.29, 1.82) is 0 Å². The van der Waals surface area contributed by atoms with E-state index in [-0.39, 0.29) is 0 Å². The number of hydrogen-bond acceptors (Lipinski definition) is 4. The maximum Gasteiger partial charge on any atom is 0.153 e. The highest BCUT2D eigenvalue weighted by molar-refractivity contribution is 5.33. The Morgan fingerprint density at radius 1 is 1.08 bits per heavy atom. The van der Waals surface area contributed by atoms with Crippen LogP contribution >= 0.6 is 0 Å². The van der Waals surface area contributed by atoms with Crippen molar-refractivity contribution in [2.45, 2.75) is 25.9 Å².